The molecule has 1 fully saturated rings. The van der Waals surface area contributed by atoms with Crippen molar-refractivity contribution in [2.24, 2.45) is 17.4 Å². The minimum Gasteiger partial charge on any atom is -0.481 e. The Labute approximate surface area is 186 Å². The molecule has 0 aliphatic carbocycles. The molecule has 10 N–H and O–H groups in total. The van der Waals surface area contributed by atoms with Crippen LogP contribution in [-0.2, 0) is 19.2 Å². The van der Waals surface area contributed by atoms with Gasteiger partial charge in [-0.2, -0.15) is 0 Å². The molecule has 0 radical (unpaired) electrons. The van der Waals surface area contributed by atoms with E-state index in [0.29, 0.717) is 0 Å². The summed E-state index contributed by atoms with van der Waals surface area (Å²) in [5, 5.41) is 27.3. The Hall–Kier alpha value is -3.33. The third kappa shape index (κ3) is 6.84. The second-order valence-corrected chi connectivity index (χ2v) is 7.30. The molecule has 4 atom stereocenters. The van der Waals surface area contributed by atoms with Crippen molar-refractivity contribution in [3.63, 3.8) is 0 Å². The van der Waals surface area contributed by atoms with Crippen LogP contribution in [0.5, 0.6) is 0 Å². The first-order valence-electron chi connectivity index (χ1n) is 9.26. The zero-order valence-electron chi connectivity index (χ0n) is 16.5. The molecule has 3 unspecified atom stereocenters. The molecule has 174 valence electrons. The summed E-state index contributed by atoms with van der Waals surface area (Å²) in [6.07, 6.45) is -1.60. The van der Waals surface area contributed by atoms with Crippen LogP contribution in [0.1, 0.15) is 29.8 Å². The van der Waals surface area contributed by atoms with E-state index in [1.165, 1.54) is 6.07 Å². The van der Waals surface area contributed by atoms with E-state index in [4.69, 9.17) is 33.3 Å². The lowest BCUT2D eigenvalue weighted by Gasteiger charge is -2.33. The van der Waals surface area contributed by atoms with Gasteiger partial charge in [0.15, 0.2) is 0 Å². The van der Waals surface area contributed by atoms with E-state index in [2.05, 4.69) is 26.3 Å². The lowest BCUT2D eigenvalue weighted by molar-refractivity contribution is -0.140. The van der Waals surface area contributed by atoms with Gasteiger partial charge in [0, 0.05) is 12.8 Å². The Bertz CT molecular complexity index is 929. The van der Waals surface area contributed by atoms with E-state index in [1.807, 2.05) is 0 Å². The largest absolute Gasteiger partial charge is 0.481 e. The maximum atomic E-state index is 12.3. The Morgan fingerprint density at radius 1 is 1.25 bits per heavy atom. The van der Waals surface area contributed by atoms with Crippen molar-refractivity contribution >= 4 is 46.9 Å². The van der Waals surface area contributed by atoms with Gasteiger partial charge in [-0.15, -0.1) is 0 Å². The summed E-state index contributed by atoms with van der Waals surface area (Å²) in [5.41, 5.74) is 11.1. The normalized spacial score (nSPS) is 21.2. The fourth-order valence-corrected chi connectivity index (χ4v) is 3.10. The van der Waals surface area contributed by atoms with E-state index in [0.717, 1.165) is 6.20 Å². The topological polar surface area (TPSA) is 239 Å². The Morgan fingerprint density at radius 3 is 2.50 bits per heavy atom. The number of pyridine rings is 1. The van der Waals surface area contributed by atoms with Crippen LogP contribution in [0.4, 0.5) is 5.69 Å². The highest BCUT2D eigenvalue weighted by atomic mass is 35.5. The molecule has 2 rings (SSSR count). The van der Waals surface area contributed by atoms with Gasteiger partial charge >= 0.3 is 11.9 Å². The van der Waals surface area contributed by atoms with E-state index >= 15 is 0 Å². The molecule has 1 aliphatic rings. The number of aliphatic carboxylic acids is 2. The number of nitrogens with zero attached hydrogens (tertiary/aromatic N) is 1. The number of nitrogens with one attached hydrogen (secondary N) is 4. The number of amides is 3. The van der Waals surface area contributed by atoms with Gasteiger partial charge in [0.1, 0.15) is 18.0 Å². The van der Waals surface area contributed by atoms with Crippen LogP contribution >= 0.6 is 11.6 Å². The number of carboxylic acids is 2. The second-order valence-electron chi connectivity index (χ2n) is 6.89. The van der Waals surface area contributed by atoms with Crippen molar-refractivity contribution in [1.29, 1.82) is 0 Å². The molecule has 0 bridgehead atoms. The number of carbonyl (C=O) groups is 5. The quantitative estimate of drug-likeness (QED) is 0.195. The summed E-state index contributed by atoms with van der Waals surface area (Å²) in [7, 11) is 0. The Balaban J connectivity index is 2.00. The maximum Gasteiger partial charge on any atom is 0.326 e. The molecule has 15 heteroatoms. The molecule has 1 aromatic rings. The highest BCUT2D eigenvalue weighted by molar-refractivity contribution is 6.33. The summed E-state index contributed by atoms with van der Waals surface area (Å²) in [5.74, 6) is -5.50. The van der Waals surface area contributed by atoms with Gasteiger partial charge in [0.25, 0.3) is 5.91 Å². The lowest BCUT2D eigenvalue weighted by atomic mass is 9.98. The highest BCUT2D eigenvalue weighted by Gasteiger charge is 2.34. The number of hydrogen-bond acceptors (Lipinski definition) is 9. The first kappa shape index (κ1) is 24.9. The number of halogens is 1. The third-order valence-electron chi connectivity index (χ3n) is 4.44. The predicted molar refractivity (Wildman–Crippen MR) is 109 cm³/mol. The molecular weight excluding hydrogens is 450 g/mol. The molecule has 1 aliphatic heterocycles. The number of rotatable bonds is 9. The van der Waals surface area contributed by atoms with E-state index in [-0.39, 0.29) is 29.2 Å². The van der Waals surface area contributed by atoms with Crippen LogP contribution in [0.2, 0.25) is 5.02 Å². The van der Waals surface area contributed by atoms with Crippen molar-refractivity contribution in [3.8, 4) is 0 Å². The molecule has 3 amide bonds. The van der Waals surface area contributed by atoms with Crippen LogP contribution in [0.3, 0.4) is 0 Å². The van der Waals surface area contributed by atoms with E-state index in [1.54, 1.807) is 0 Å². The summed E-state index contributed by atoms with van der Waals surface area (Å²) in [6, 6.07) is -0.243. The second kappa shape index (κ2) is 10.8. The average molecular weight is 472 g/mol. The summed E-state index contributed by atoms with van der Waals surface area (Å²) >= 11 is 6.03. The van der Waals surface area contributed by atoms with Crippen LogP contribution in [0.15, 0.2) is 12.3 Å². The number of carbonyl (C=O) groups excluding carboxylic acids is 3. The zero-order valence-corrected chi connectivity index (χ0v) is 17.3. The van der Waals surface area contributed by atoms with Crippen molar-refractivity contribution in [2.45, 2.75) is 37.8 Å². The number of anilines is 1. The molecule has 1 aromatic heterocycles. The van der Waals surface area contributed by atoms with Crippen molar-refractivity contribution in [3.05, 3.63) is 23.0 Å². The van der Waals surface area contributed by atoms with Gasteiger partial charge in [0.2, 0.25) is 11.8 Å². The number of hydrogen-bond donors (Lipinski definition) is 8. The van der Waals surface area contributed by atoms with Crippen LogP contribution in [0, 0.1) is 5.92 Å². The summed E-state index contributed by atoms with van der Waals surface area (Å²) in [6.45, 7) is 0. The average Bonchev–Trinajstić information content (AvgIpc) is 2.67. The van der Waals surface area contributed by atoms with E-state index < -0.39 is 60.5 Å². The molecule has 0 aromatic carbocycles. The highest BCUT2D eigenvalue weighted by Crippen LogP contribution is 2.20. The Morgan fingerprint density at radius 2 is 1.94 bits per heavy atom. The Kier molecular flexibility index (Phi) is 8.42. The number of aromatic nitrogens is 1. The first-order chi connectivity index (χ1) is 15.0. The number of carboxylic acid groups (broad SMARTS) is 2. The minimum atomic E-state index is -1.46. The van der Waals surface area contributed by atoms with Crippen LogP contribution in [-0.4, -0.2) is 63.4 Å². The summed E-state index contributed by atoms with van der Waals surface area (Å²) in [4.78, 5) is 62.2. The van der Waals surface area contributed by atoms with Crippen molar-refractivity contribution < 1.29 is 34.2 Å². The first-order valence-corrected chi connectivity index (χ1v) is 9.64. The van der Waals surface area contributed by atoms with Crippen LogP contribution < -0.4 is 32.7 Å². The van der Waals surface area contributed by atoms with Crippen molar-refractivity contribution in [1.82, 2.24) is 20.9 Å². The molecular formula is C17H22ClN7O7. The summed E-state index contributed by atoms with van der Waals surface area (Å²) < 4.78 is 0. The van der Waals surface area contributed by atoms with Gasteiger partial charge < -0.3 is 31.9 Å². The predicted octanol–water partition coefficient (Wildman–Crippen LogP) is -2.03. The molecule has 2 heterocycles. The van der Waals surface area contributed by atoms with Gasteiger partial charge in [-0.05, 0) is 12.5 Å². The molecule has 0 saturated carbocycles. The van der Waals surface area contributed by atoms with Crippen molar-refractivity contribution in [2.75, 3.05) is 5.32 Å². The molecule has 1 saturated heterocycles. The SMILES string of the molecule is NC1NC(=O)C(CC(=O)Nc2cnc(C(=O)N[C@@H](CCC(=O)O)C(=O)O)c(Cl)c2)C(N)N1. The molecule has 14 nitrogen and oxygen atoms in total. The van der Waals surface area contributed by atoms with Gasteiger partial charge in [0.05, 0.1) is 29.0 Å². The smallest absolute Gasteiger partial charge is 0.326 e. The molecule has 32 heavy (non-hydrogen) atoms. The minimum absolute atomic E-state index is 0.117. The van der Waals surface area contributed by atoms with Gasteiger partial charge in [-0.1, -0.05) is 11.6 Å². The monoisotopic (exact) mass is 471 g/mol. The zero-order chi connectivity index (χ0) is 24.0. The van der Waals surface area contributed by atoms with Gasteiger partial charge in [-0.3, -0.25) is 30.2 Å². The third-order valence-corrected chi connectivity index (χ3v) is 4.72. The maximum absolute atomic E-state index is 12.3. The lowest BCUT2D eigenvalue weighted by Crippen LogP contribution is -2.67. The van der Waals surface area contributed by atoms with E-state index in [9.17, 15) is 24.0 Å². The van der Waals surface area contributed by atoms with Crippen LogP contribution in [0.25, 0.3) is 0 Å². The fourth-order valence-electron chi connectivity index (χ4n) is 2.85. The standard InChI is InChI=1S/C17H22ClN7O7/c18-8-3-6(22-10(26)4-7-13(19)24-17(20)25-14(7)29)5-21-12(8)15(30)23-9(16(31)32)1-2-11(27)28/h3,5,7,9,13,17,24H,1-2,4,19-20H2,(H,22,26)(H,23,30)(H,25,29)(H,27,28)(H,31,32)/t7?,9-,13?,17?/m0/s1. The fraction of sp³-hybridized carbons (Fsp3) is 0.412. The molecule has 0 spiro atoms. The number of nitrogens with two attached hydrogens (primary N) is 2. The van der Waals surface area contributed by atoms with Gasteiger partial charge in [-0.25, -0.2) is 9.78 Å².